The average molecular weight is 234 g/mol. The molecule has 1 fully saturated rings. The molecule has 1 amide bonds. The van der Waals surface area contributed by atoms with Gasteiger partial charge in [-0.2, -0.15) is 0 Å². The van der Waals surface area contributed by atoms with Crippen LogP contribution in [0.25, 0.3) is 0 Å². The molecule has 17 heavy (non-hydrogen) atoms. The van der Waals surface area contributed by atoms with Crippen molar-refractivity contribution in [1.29, 1.82) is 0 Å². The largest absolute Gasteiger partial charge is 0.392 e. The lowest BCUT2D eigenvalue weighted by Gasteiger charge is -2.37. The van der Waals surface area contributed by atoms with Crippen molar-refractivity contribution in [2.75, 3.05) is 5.32 Å². The Morgan fingerprint density at radius 2 is 2.24 bits per heavy atom. The SMILES string of the molecule is NC1(CC(=O)Nc2cccc(CO)c2)CCC1. The fraction of sp³-hybridized carbons (Fsp3) is 0.462. The van der Waals surface area contributed by atoms with Crippen LogP contribution in [-0.2, 0) is 11.4 Å². The summed E-state index contributed by atoms with van der Waals surface area (Å²) in [5.74, 6) is -0.0534. The Kier molecular flexibility index (Phi) is 3.45. The number of carbonyl (C=O) groups is 1. The van der Waals surface area contributed by atoms with Gasteiger partial charge in [0.05, 0.1) is 6.61 Å². The van der Waals surface area contributed by atoms with Gasteiger partial charge in [0.2, 0.25) is 5.91 Å². The van der Waals surface area contributed by atoms with Crippen LogP contribution >= 0.6 is 0 Å². The van der Waals surface area contributed by atoms with Gasteiger partial charge in [-0.25, -0.2) is 0 Å². The number of benzene rings is 1. The molecule has 4 nitrogen and oxygen atoms in total. The molecule has 0 bridgehead atoms. The minimum atomic E-state index is -0.293. The molecular weight excluding hydrogens is 216 g/mol. The lowest BCUT2D eigenvalue weighted by Crippen LogP contribution is -2.48. The van der Waals surface area contributed by atoms with Crippen LogP contribution in [0.2, 0.25) is 0 Å². The van der Waals surface area contributed by atoms with E-state index in [-0.39, 0.29) is 18.1 Å². The lowest BCUT2D eigenvalue weighted by atomic mass is 9.75. The molecule has 1 aromatic carbocycles. The predicted molar refractivity (Wildman–Crippen MR) is 66.4 cm³/mol. The van der Waals surface area contributed by atoms with Crippen molar-refractivity contribution in [3.63, 3.8) is 0 Å². The van der Waals surface area contributed by atoms with Crippen LogP contribution in [0.5, 0.6) is 0 Å². The van der Waals surface area contributed by atoms with Gasteiger partial charge >= 0.3 is 0 Å². The van der Waals surface area contributed by atoms with Crippen LogP contribution in [-0.4, -0.2) is 16.6 Å². The summed E-state index contributed by atoms with van der Waals surface area (Å²) in [6, 6.07) is 7.19. The maximum absolute atomic E-state index is 11.8. The molecule has 0 spiro atoms. The number of aliphatic hydroxyl groups is 1. The Morgan fingerprint density at radius 3 is 2.82 bits per heavy atom. The maximum Gasteiger partial charge on any atom is 0.226 e. The lowest BCUT2D eigenvalue weighted by molar-refractivity contribution is -0.118. The molecule has 0 radical (unpaired) electrons. The highest BCUT2D eigenvalue weighted by Gasteiger charge is 2.34. The molecule has 4 heteroatoms. The fourth-order valence-electron chi connectivity index (χ4n) is 2.08. The van der Waals surface area contributed by atoms with Crippen LogP contribution in [0.3, 0.4) is 0 Å². The summed E-state index contributed by atoms with van der Waals surface area (Å²) in [5.41, 5.74) is 7.22. The molecule has 0 aliphatic heterocycles. The van der Waals surface area contributed by atoms with Gasteiger partial charge in [-0.15, -0.1) is 0 Å². The Balaban J connectivity index is 1.93. The third-order valence-electron chi connectivity index (χ3n) is 3.26. The van der Waals surface area contributed by atoms with Crippen molar-refractivity contribution in [3.8, 4) is 0 Å². The van der Waals surface area contributed by atoms with Crippen molar-refractivity contribution >= 4 is 11.6 Å². The van der Waals surface area contributed by atoms with Gasteiger partial charge in [0.25, 0.3) is 0 Å². The summed E-state index contributed by atoms with van der Waals surface area (Å²) < 4.78 is 0. The van der Waals surface area contributed by atoms with E-state index >= 15 is 0 Å². The van der Waals surface area contributed by atoms with E-state index in [2.05, 4.69) is 5.32 Å². The van der Waals surface area contributed by atoms with Crippen molar-refractivity contribution < 1.29 is 9.90 Å². The van der Waals surface area contributed by atoms with Crippen LogP contribution in [0.15, 0.2) is 24.3 Å². The highest BCUT2D eigenvalue weighted by atomic mass is 16.3. The third-order valence-corrected chi connectivity index (χ3v) is 3.26. The van der Waals surface area contributed by atoms with E-state index in [1.165, 1.54) is 0 Å². The molecule has 0 aromatic heterocycles. The van der Waals surface area contributed by atoms with Crippen molar-refractivity contribution in [3.05, 3.63) is 29.8 Å². The number of rotatable bonds is 4. The Bertz CT molecular complexity index is 414. The summed E-state index contributed by atoms with van der Waals surface area (Å²) in [7, 11) is 0. The predicted octanol–water partition coefficient (Wildman–Crippen LogP) is 1.39. The highest BCUT2D eigenvalue weighted by Crippen LogP contribution is 2.32. The number of anilines is 1. The molecule has 0 unspecified atom stereocenters. The van der Waals surface area contributed by atoms with Gasteiger partial charge < -0.3 is 16.2 Å². The standard InChI is InChI=1S/C13H18N2O2/c14-13(5-2-6-13)8-12(17)15-11-4-1-3-10(7-11)9-16/h1,3-4,7,16H,2,5-6,8-9,14H2,(H,15,17). The van der Waals surface area contributed by atoms with E-state index in [0.717, 1.165) is 24.8 Å². The second kappa shape index (κ2) is 4.85. The summed E-state index contributed by atoms with van der Waals surface area (Å²) in [6.07, 6.45) is 3.34. The van der Waals surface area contributed by atoms with E-state index in [1.54, 1.807) is 12.1 Å². The smallest absolute Gasteiger partial charge is 0.226 e. The fourth-order valence-corrected chi connectivity index (χ4v) is 2.08. The first-order valence-corrected chi connectivity index (χ1v) is 5.90. The first kappa shape index (κ1) is 12.1. The van der Waals surface area contributed by atoms with Crippen LogP contribution in [0.1, 0.15) is 31.2 Å². The molecule has 1 aromatic rings. The monoisotopic (exact) mass is 234 g/mol. The molecule has 1 aliphatic carbocycles. The first-order chi connectivity index (χ1) is 8.11. The molecular formula is C13H18N2O2. The number of amides is 1. The summed E-state index contributed by atoms with van der Waals surface area (Å²) >= 11 is 0. The molecule has 0 atom stereocenters. The number of aliphatic hydroxyl groups excluding tert-OH is 1. The molecule has 4 N–H and O–H groups in total. The number of carbonyl (C=O) groups excluding carboxylic acids is 1. The maximum atomic E-state index is 11.8. The van der Waals surface area contributed by atoms with E-state index in [4.69, 9.17) is 10.8 Å². The van der Waals surface area contributed by atoms with E-state index < -0.39 is 0 Å². The van der Waals surface area contributed by atoms with Gasteiger partial charge in [0, 0.05) is 17.6 Å². The number of nitrogens with two attached hydrogens (primary N) is 1. The zero-order valence-electron chi connectivity index (χ0n) is 9.78. The summed E-state index contributed by atoms with van der Waals surface area (Å²) in [6.45, 7) is -0.0233. The Morgan fingerprint density at radius 1 is 1.47 bits per heavy atom. The normalized spacial score (nSPS) is 17.3. The minimum absolute atomic E-state index is 0.0233. The Labute approximate surface area is 101 Å². The third kappa shape index (κ3) is 3.05. The van der Waals surface area contributed by atoms with E-state index in [1.807, 2.05) is 12.1 Å². The van der Waals surface area contributed by atoms with E-state index in [0.29, 0.717) is 12.1 Å². The van der Waals surface area contributed by atoms with Gasteiger partial charge in [-0.3, -0.25) is 4.79 Å². The number of nitrogens with one attached hydrogen (secondary N) is 1. The van der Waals surface area contributed by atoms with Crippen LogP contribution in [0.4, 0.5) is 5.69 Å². The molecule has 1 saturated carbocycles. The van der Waals surface area contributed by atoms with Crippen molar-refractivity contribution in [2.45, 2.75) is 37.8 Å². The zero-order valence-corrected chi connectivity index (χ0v) is 9.78. The van der Waals surface area contributed by atoms with Gasteiger partial charge in [0.1, 0.15) is 0 Å². The van der Waals surface area contributed by atoms with Gasteiger partial charge in [-0.05, 0) is 37.0 Å². The molecule has 92 valence electrons. The minimum Gasteiger partial charge on any atom is -0.392 e. The van der Waals surface area contributed by atoms with Gasteiger partial charge in [0.15, 0.2) is 0 Å². The number of hydrogen-bond acceptors (Lipinski definition) is 3. The average Bonchev–Trinajstić information content (AvgIpc) is 2.27. The summed E-state index contributed by atoms with van der Waals surface area (Å²) in [5, 5.41) is 11.8. The topological polar surface area (TPSA) is 75.4 Å². The molecule has 0 saturated heterocycles. The Hall–Kier alpha value is -1.39. The number of hydrogen-bond donors (Lipinski definition) is 3. The quantitative estimate of drug-likeness (QED) is 0.737. The highest BCUT2D eigenvalue weighted by molar-refractivity contribution is 5.91. The zero-order chi connectivity index (χ0) is 12.3. The molecule has 1 aliphatic rings. The second-order valence-corrected chi connectivity index (χ2v) is 4.80. The van der Waals surface area contributed by atoms with Crippen LogP contribution < -0.4 is 11.1 Å². The van der Waals surface area contributed by atoms with Gasteiger partial charge in [-0.1, -0.05) is 12.1 Å². The van der Waals surface area contributed by atoms with Crippen LogP contribution in [0, 0.1) is 0 Å². The molecule has 2 rings (SSSR count). The molecule has 0 heterocycles. The first-order valence-electron chi connectivity index (χ1n) is 5.90. The van der Waals surface area contributed by atoms with Crippen molar-refractivity contribution in [1.82, 2.24) is 0 Å². The second-order valence-electron chi connectivity index (χ2n) is 4.80. The summed E-state index contributed by atoms with van der Waals surface area (Å²) in [4.78, 5) is 11.8. The van der Waals surface area contributed by atoms with E-state index in [9.17, 15) is 4.79 Å². The van der Waals surface area contributed by atoms with Crippen molar-refractivity contribution in [2.24, 2.45) is 5.73 Å².